The SMILES string of the molecule is COc1ccc([C@@H]2CC(=O)C3=C(C2)NC(C)=C(C(=O)OCCOc2ccccc2)[C@@H]3c2cccc(Br)c2)cc1. The third-order valence-electron chi connectivity index (χ3n) is 7.15. The predicted molar refractivity (Wildman–Crippen MR) is 153 cm³/mol. The van der Waals surface area contributed by atoms with E-state index in [0.29, 0.717) is 35.4 Å². The maximum atomic E-state index is 13.8. The number of hydrogen-bond acceptors (Lipinski definition) is 6. The van der Waals surface area contributed by atoms with Crippen LogP contribution in [0.5, 0.6) is 11.5 Å². The van der Waals surface area contributed by atoms with Crippen LogP contribution in [0.3, 0.4) is 0 Å². The molecule has 7 heteroatoms. The van der Waals surface area contributed by atoms with Gasteiger partial charge in [-0.25, -0.2) is 4.79 Å². The van der Waals surface area contributed by atoms with Crippen LogP contribution >= 0.6 is 15.9 Å². The molecule has 1 aliphatic heterocycles. The van der Waals surface area contributed by atoms with Gasteiger partial charge >= 0.3 is 5.97 Å². The highest BCUT2D eigenvalue weighted by Crippen LogP contribution is 2.46. The van der Waals surface area contributed by atoms with Gasteiger partial charge in [0.05, 0.1) is 12.7 Å². The Labute approximate surface area is 236 Å². The van der Waals surface area contributed by atoms with E-state index < -0.39 is 11.9 Å². The molecule has 3 aromatic rings. The van der Waals surface area contributed by atoms with Gasteiger partial charge in [-0.1, -0.05) is 58.4 Å². The van der Waals surface area contributed by atoms with Crippen molar-refractivity contribution in [2.24, 2.45) is 0 Å². The minimum Gasteiger partial charge on any atom is -0.497 e. The normalized spacial score (nSPS) is 18.8. The van der Waals surface area contributed by atoms with Crippen LogP contribution < -0.4 is 14.8 Å². The summed E-state index contributed by atoms with van der Waals surface area (Å²) in [6.07, 6.45) is 1.03. The lowest BCUT2D eigenvalue weighted by Gasteiger charge is -2.36. The zero-order valence-electron chi connectivity index (χ0n) is 21.9. The first-order chi connectivity index (χ1) is 18.9. The van der Waals surface area contributed by atoms with Gasteiger partial charge in [0.15, 0.2) is 5.78 Å². The molecule has 1 N–H and O–H groups in total. The molecule has 0 fully saturated rings. The van der Waals surface area contributed by atoms with Gasteiger partial charge in [0, 0.05) is 33.8 Å². The quantitative estimate of drug-likeness (QED) is 0.241. The van der Waals surface area contributed by atoms with Crippen molar-refractivity contribution < 1.29 is 23.8 Å². The fraction of sp³-hybridized carbons (Fsp3) is 0.250. The van der Waals surface area contributed by atoms with E-state index in [9.17, 15) is 9.59 Å². The molecule has 200 valence electrons. The number of allylic oxidation sites excluding steroid dienone is 3. The topological polar surface area (TPSA) is 73.9 Å². The molecule has 39 heavy (non-hydrogen) atoms. The largest absolute Gasteiger partial charge is 0.497 e. The molecule has 1 aliphatic carbocycles. The van der Waals surface area contributed by atoms with Crippen molar-refractivity contribution in [3.8, 4) is 11.5 Å². The van der Waals surface area contributed by atoms with Gasteiger partial charge < -0.3 is 19.5 Å². The molecule has 1 heterocycles. The lowest BCUT2D eigenvalue weighted by molar-refractivity contribution is -0.140. The first-order valence-corrected chi connectivity index (χ1v) is 13.7. The average Bonchev–Trinajstić information content (AvgIpc) is 2.95. The molecule has 0 radical (unpaired) electrons. The van der Waals surface area contributed by atoms with Crippen LogP contribution in [0.25, 0.3) is 0 Å². The Bertz CT molecular complexity index is 1430. The summed E-state index contributed by atoms with van der Waals surface area (Å²) in [7, 11) is 1.64. The number of carbonyl (C=O) groups excluding carboxylic acids is 2. The van der Waals surface area contributed by atoms with E-state index in [1.54, 1.807) is 7.11 Å². The summed E-state index contributed by atoms with van der Waals surface area (Å²) in [6, 6.07) is 25.0. The molecule has 2 aliphatic rings. The fourth-order valence-electron chi connectivity index (χ4n) is 5.33. The highest BCUT2D eigenvalue weighted by atomic mass is 79.9. The molecule has 0 aromatic heterocycles. The van der Waals surface area contributed by atoms with E-state index in [1.165, 1.54) is 0 Å². The van der Waals surface area contributed by atoms with Crippen molar-refractivity contribution in [2.75, 3.05) is 20.3 Å². The van der Waals surface area contributed by atoms with Crippen molar-refractivity contribution in [3.63, 3.8) is 0 Å². The van der Waals surface area contributed by atoms with E-state index >= 15 is 0 Å². The van der Waals surface area contributed by atoms with Gasteiger partial charge in [-0.15, -0.1) is 0 Å². The van der Waals surface area contributed by atoms with Crippen LogP contribution in [-0.4, -0.2) is 32.1 Å². The molecule has 0 saturated carbocycles. The van der Waals surface area contributed by atoms with Crippen LogP contribution in [0.2, 0.25) is 0 Å². The number of ketones is 1. The van der Waals surface area contributed by atoms with E-state index in [0.717, 1.165) is 27.0 Å². The van der Waals surface area contributed by atoms with Crippen molar-refractivity contribution in [1.82, 2.24) is 5.32 Å². The number of esters is 1. The molecule has 3 aromatic carbocycles. The first kappa shape index (κ1) is 26.8. The van der Waals surface area contributed by atoms with Crippen molar-refractivity contribution in [3.05, 3.63) is 117 Å². The van der Waals surface area contributed by atoms with Gasteiger partial charge in [0.2, 0.25) is 0 Å². The number of methoxy groups -OCH3 is 1. The second kappa shape index (κ2) is 11.9. The Kier molecular flexibility index (Phi) is 8.17. The van der Waals surface area contributed by atoms with Crippen molar-refractivity contribution in [2.45, 2.75) is 31.6 Å². The predicted octanol–water partition coefficient (Wildman–Crippen LogP) is 6.44. The Balaban J connectivity index is 1.41. The van der Waals surface area contributed by atoms with Gasteiger partial charge in [0.25, 0.3) is 0 Å². The summed E-state index contributed by atoms with van der Waals surface area (Å²) in [6.45, 7) is 2.19. The van der Waals surface area contributed by atoms with E-state index in [1.807, 2.05) is 85.8 Å². The Morgan fingerprint density at radius 1 is 0.923 bits per heavy atom. The summed E-state index contributed by atoms with van der Waals surface area (Å²) in [5.41, 5.74) is 4.58. The maximum absolute atomic E-state index is 13.8. The third-order valence-corrected chi connectivity index (χ3v) is 7.64. The molecular weight excluding hydrogens is 558 g/mol. The molecule has 6 nitrogen and oxygen atoms in total. The summed E-state index contributed by atoms with van der Waals surface area (Å²) in [5, 5.41) is 3.40. The second-order valence-electron chi connectivity index (χ2n) is 9.64. The van der Waals surface area contributed by atoms with Gasteiger partial charge in [-0.3, -0.25) is 4.79 Å². The number of ether oxygens (including phenoxy) is 3. The highest BCUT2D eigenvalue weighted by molar-refractivity contribution is 9.10. The van der Waals surface area contributed by atoms with E-state index in [4.69, 9.17) is 14.2 Å². The molecule has 0 amide bonds. The summed E-state index contributed by atoms with van der Waals surface area (Å²) in [5.74, 6) is 0.574. The van der Waals surface area contributed by atoms with Crippen molar-refractivity contribution >= 4 is 27.7 Å². The van der Waals surface area contributed by atoms with Crippen LogP contribution in [-0.2, 0) is 14.3 Å². The summed E-state index contributed by atoms with van der Waals surface area (Å²) in [4.78, 5) is 27.2. The zero-order valence-corrected chi connectivity index (χ0v) is 23.5. The number of dihydropyridines is 1. The second-order valence-corrected chi connectivity index (χ2v) is 10.6. The Morgan fingerprint density at radius 3 is 2.41 bits per heavy atom. The van der Waals surface area contributed by atoms with Gasteiger partial charge in [0.1, 0.15) is 24.7 Å². The molecule has 0 spiro atoms. The number of hydrogen-bond donors (Lipinski definition) is 1. The van der Waals surface area contributed by atoms with Crippen LogP contribution in [0, 0.1) is 0 Å². The molecule has 5 rings (SSSR count). The molecule has 0 unspecified atom stereocenters. The minimum absolute atomic E-state index is 0.0276. The molecule has 2 atom stereocenters. The van der Waals surface area contributed by atoms with Crippen molar-refractivity contribution in [1.29, 1.82) is 0 Å². The number of Topliss-reactive ketones (excluding diaryl/α,β-unsaturated/α-hetero) is 1. The van der Waals surface area contributed by atoms with Crippen LogP contribution in [0.15, 0.2) is 106 Å². The number of para-hydroxylation sites is 1. The number of halogens is 1. The zero-order chi connectivity index (χ0) is 27.4. The summed E-state index contributed by atoms with van der Waals surface area (Å²) < 4.78 is 17.5. The van der Waals surface area contributed by atoms with Crippen LogP contribution in [0.1, 0.15) is 42.7 Å². The number of benzene rings is 3. The van der Waals surface area contributed by atoms with Crippen LogP contribution in [0.4, 0.5) is 0 Å². The highest BCUT2D eigenvalue weighted by Gasteiger charge is 2.41. The molecule has 0 saturated heterocycles. The first-order valence-electron chi connectivity index (χ1n) is 12.9. The molecular formula is C32H30BrNO5. The lowest BCUT2D eigenvalue weighted by Crippen LogP contribution is -2.36. The Hall–Kier alpha value is -3.84. The fourth-order valence-corrected chi connectivity index (χ4v) is 5.75. The number of rotatable bonds is 8. The monoisotopic (exact) mass is 587 g/mol. The average molecular weight is 588 g/mol. The molecule has 0 bridgehead atoms. The summed E-state index contributed by atoms with van der Waals surface area (Å²) >= 11 is 3.55. The number of nitrogens with one attached hydrogen (secondary N) is 1. The van der Waals surface area contributed by atoms with E-state index in [-0.39, 0.29) is 24.9 Å². The minimum atomic E-state index is -0.523. The van der Waals surface area contributed by atoms with E-state index in [2.05, 4.69) is 21.2 Å². The Morgan fingerprint density at radius 2 is 1.69 bits per heavy atom. The van der Waals surface area contributed by atoms with Gasteiger partial charge in [-0.2, -0.15) is 0 Å². The maximum Gasteiger partial charge on any atom is 0.336 e. The van der Waals surface area contributed by atoms with Gasteiger partial charge in [-0.05, 0) is 66.8 Å². The third kappa shape index (κ3) is 5.93. The number of carbonyl (C=O) groups is 2. The standard InChI is InChI=1S/C32H30BrNO5/c1-20-29(32(36)39-16-15-38-26-9-4-3-5-10-26)30(22-7-6-8-24(33)17-22)31-27(34-20)18-23(19-28(31)35)21-11-13-25(37-2)14-12-21/h3-14,17,23,30,34H,15-16,18-19H2,1-2H3/t23-,30-/m0/s1. The smallest absolute Gasteiger partial charge is 0.336 e. The lowest BCUT2D eigenvalue weighted by atomic mass is 9.72.